The molecule has 0 saturated heterocycles. The van der Waals surface area contributed by atoms with E-state index in [0.29, 0.717) is 22.9 Å². The molecule has 0 unspecified atom stereocenters. The first-order valence-electron chi connectivity index (χ1n) is 9.19. The number of alkyl halides is 3. The van der Waals surface area contributed by atoms with Gasteiger partial charge in [-0.15, -0.1) is 0 Å². The van der Waals surface area contributed by atoms with E-state index in [1.165, 1.54) is 10.7 Å². The third kappa shape index (κ3) is 3.78. The van der Waals surface area contributed by atoms with Crippen molar-refractivity contribution in [1.29, 1.82) is 0 Å². The maximum absolute atomic E-state index is 13.0. The van der Waals surface area contributed by atoms with E-state index < -0.39 is 11.7 Å². The van der Waals surface area contributed by atoms with Crippen LogP contribution >= 0.6 is 0 Å². The van der Waals surface area contributed by atoms with Gasteiger partial charge in [0.1, 0.15) is 0 Å². The van der Waals surface area contributed by atoms with Crippen LogP contribution in [0.4, 0.5) is 19.1 Å². The van der Waals surface area contributed by atoms with Gasteiger partial charge in [-0.3, -0.25) is 10.1 Å². The Morgan fingerprint density at radius 1 is 1.13 bits per heavy atom. The Labute approximate surface area is 169 Å². The van der Waals surface area contributed by atoms with Crippen LogP contribution in [0.15, 0.2) is 48.5 Å². The van der Waals surface area contributed by atoms with Crippen LogP contribution in [0, 0.1) is 13.8 Å². The molecule has 2 heterocycles. The number of nitrogens with one attached hydrogen (secondary N) is 2. The fourth-order valence-electron chi connectivity index (χ4n) is 3.35. The number of amides is 1. The van der Waals surface area contributed by atoms with E-state index in [0.717, 1.165) is 23.2 Å². The van der Waals surface area contributed by atoms with Gasteiger partial charge in [0.2, 0.25) is 11.9 Å². The zero-order chi connectivity index (χ0) is 21.5. The van der Waals surface area contributed by atoms with Crippen molar-refractivity contribution in [2.75, 3.05) is 5.32 Å². The number of aryl methyl sites for hydroxylation is 1. The third-order valence-corrected chi connectivity index (χ3v) is 4.84. The number of carbonyl (C=O) groups excluding carboxylic acids is 1. The summed E-state index contributed by atoms with van der Waals surface area (Å²) in [4.78, 5) is 19.9. The van der Waals surface area contributed by atoms with E-state index in [2.05, 4.69) is 20.4 Å². The smallest absolute Gasteiger partial charge is 0.324 e. The van der Waals surface area contributed by atoms with Crippen molar-refractivity contribution in [1.82, 2.24) is 19.7 Å². The van der Waals surface area contributed by atoms with Gasteiger partial charge in [-0.1, -0.05) is 18.2 Å². The highest BCUT2D eigenvalue weighted by molar-refractivity contribution is 5.92. The van der Waals surface area contributed by atoms with E-state index in [1.54, 1.807) is 19.9 Å². The molecule has 2 aromatic carbocycles. The molecular formula is C21H18F3N5O. The molecule has 0 saturated carbocycles. The van der Waals surface area contributed by atoms with Gasteiger partial charge in [0, 0.05) is 11.3 Å². The number of halogens is 3. The number of para-hydroxylation sites is 2. The summed E-state index contributed by atoms with van der Waals surface area (Å²) in [7, 11) is 0. The zero-order valence-corrected chi connectivity index (χ0v) is 16.2. The molecule has 4 rings (SSSR count). The zero-order valence-electron chi connectivity index (χ0n) is 16.2. The van der Waals surface area contributed by atoms with Crippen LogP contribution in [-0.4, -0.2) is 25.7 Å². The first-order valence-corrected chi connectivity index (χ1v) is 9.19. The van der Waals surface area contributed by atoms with Gasteiger partial charge >= 0.3 is 6.18 Å². The minimum atomic E-state index is -4.44. The van der Waals surface area contributed by atoms with Crippen LogP contribution in [0.2, 0.25) is 0 Å². The molecule has 154 valence electrons. The van der Waals surface area contributed by atoms with Crippen LogP contribution in [0.25, 0.3) is 16.7 Å². The van der Waals surface area contributed by atoms with Crippen LogP contribution < -0.4 is 5.32 Å². The van der Waals surface area contributed by atoms with Crippen molar-refractivity contribution in [3.63, 3.8) is 0 Å². The first kappa shape index (κ1) is 19.7. The number of H-pyrrole nitrogens is 1. The van der Waals surface area contributed by atoms with Gasteiger partial charge in [-0.25, -0.2) is 9.67 Å². The maximum atomic E-state index is 13.0. The van der Waals surface area contributed by atoms with Crippen molar-refractivity contribution >= 4 is 22.9 Å². The number of hydrogen-bond donors (Lipinski definition) is 2. The molecule has 0 aliphatic rings. The molecule has 0 fully saturated rings. The van der Waals surface area contributed by atoms with Crippen LogP contribution in [0.5, 0.6) is 0 Å². The van der Waals surface area contributed by atoms with E-state index in [9.17, 15) is 18.0 Å². The summed E-state index contributed by atoms with van der Waals surface area (Å²) in [6, 6.07) is 12.3. The Hall–Kier alpha value is -3.62. The molecular weight excluding hydrogens is 395 g/mol. The quantitative estimate of drug-likeness (QED) is 0.515. The molecule has 2 aromatic heterocycles. The standard InChI is InChI=1S/C21H18F3N5O/c1-12-16(11-19(30)27-20-25-17-8-3-4-9-18(17)26-20)13(2)29(28-12)15-7-5-6-14(10-15)21(22,23)24/h3-10H,11H2,1-2H3,(H2,25,26,27,30). The molecule has 0 atom stereocenters. The summed E-state index contributed by atoms with van der Waals surface area (Å²) < 4.78 is 40.5. The number of carbonyl (C=O) groups is 1. The van der Waals surface area contributed by atoms with Crippen LogP contribution in [0.1, 0.15) is 22.5 Å². The van der Waals surface area contributed by atoms with Crippen molar-refractivity contribution in [3.05, 3.63) is 71.0 Å². The summed E-state index contributed by atoms with van der Waals surface area (Å²) in [5.41, 5.74) is 2.90. The lowest BCUT2D eigenvalue weighted by Gasteiger charge is -2.10. The average molecular weight is 413 g/mol. The lowest BCUT2D eigenvalue weighted by atomic mass is 10.1. The average Bonchev–Trinajstić information content (AvgIpc) is 3.22. The Kier molecular flexibility index (Phi) is 4.81. The number of rotatable bonds is 4. The number of nitrogens with zero attached hydrogens (tertiary/aromatic N) is 3. The molecule has 0 aliphatic heterocycles. The van der Waals surface area contributed by atoms with E-state index in [4.69, 9.17) is 0 Å². The van der Waals surface area contributed by atoms with Crippen molar-refractivity contribution in [3.8, 4) is 5.69 Å². The highest BCUT2D eigenvalue weighted by Gasteiger charge is 2.30. The predicted molar refractivity (Wildman–Crippen MR) is 106 cm³/mol. The van der Waals surface area contributed by atoms with Gasteiger partial charge < -0.3 is 4.98 Å². The van der Waals surface area contributed by atoms with Crippen molar-refractivity contribution < 1.29 is 18.0 Å². The first-order chi connectivity index (χ1) is 14.2. The third-order valence-electron chi connectivity index (χ3n) is 4.84. The monoisotopic (exact) mass is 413 g/mol. The minimum absolute atomic E-state index is 0.0215. The van der Waals surface area contributed by atoms with Gasteiger partial charge in [0.05, 0.1) is 34.4 Å². The number of hydrogen-bond acceptors (Lipinski definition) is 3. The summed E-state index contributed by atoms with van der Waals surface area (Å²) in [5.74, 6) is 0.0330. The number of anilines is 1. The second kappa shape index (κ2) is 7.33. The van der Waals surface area contributed by atoms with Crippen LogP contribution in [0.3, 0.4) is 0 Å². The number of fused-ring (bicyclic) bond motifs is 1. The maximum Gasteiger partial charge on any atom is 0.416 e. The highest BCUT2D eigenvalue weighted by Crippen LogP contribution is 2.31. The Morgan fingerprint density at radius 2 is 1.90 bits per heavy atom. The lowest BCUT2D eigenvalue weighted by Crippen LogP contribution is -2.16. The number of aromatic nitrogens is 4. The van der Waals surface area contributed by atoms with Crippen molar-refractivity contribution in [2.45, 2.75) is 26.4 Å². The Morgan fingerprint density at radius 3 is 2.63 bits per heavy atom. The van der Waals surface area contributed by atoms with E-state index in [-0.39, 0.29) is 18.0 Å². The Balaban J connectivity index is 1.57. The van der Waals surface area contributed by atoms with Gasteiger partial charge in [-0.05, 0) is 44.2 Å². The summed E-state index contributed by atoms with van der Waals surface area (Å²) in [6.45, 7) is 3.45. The van der Waals surface area contributed by atoms with Gasteiger partial charge in [-0.2, -0.15) is 18.3 Å². The fourth-order valence-corrected chi connectivity index (χ4v) is 3.35. The Bertz CT molecular complexity index is 1210. The van der Waals surface area contributed by atoms with E-state index in [1.807, 2.05) is 24.3 Å². The largest absolute Gasteiger partial charge is 0.416 e. The molecule has 2 N–H and O–H groups in total. The second-order valence-corrected chi connectivity index (χ2v) is 6.94. The summed E-state index contributed by atoms with van der Waals surface area (Å²) in [5, 5.41) is 7.07. The molecule has 30 heavy (non-hydrogen) atoms. The second-order valence-electron chi connectivity index (χ2n) is 6.94. The normalized spacial score (nSPS) is 11.8. The summed E-state index contributed by atoms with van der Waals surface area (Å²) >= 11 is 0. The topological polar surface area (TPSA) is 75.6 Å². The highest BCUT2D eigenvalue weighted by atomic mass is 19.4. The number of benzene rings is 2. The molecule has 0 aliphatic carbocycles. The molecule has 0 spiro atoms. The van der Waals surface area contributed by atoms with E-state index >= 15 is 0 Å². The molecule has 9 heteroatoms. The minimum Gasteiger partial charge on any atom is -0.324 e. The number of imidazole rings is 1. The summed E-state index contributed by atoms with van der Waals surface area (Å²) in [6.07, 6.45) is -4.42. The molecule has 6 nitrogen and oxygen atoms in total. The van der Waals surface area contributed by atoms with Crippen molar-refractivity contribution in [2.24, 2.45) is 0 Å². The molecule has 1 amide bonds. The van der Waals surface area contributed by atoms with Crippen LogP contribution in [-0.2, 0) is 17.4 Å². The molecule has 0 radical (unpaired) electrons. The van der Waals surface area contributed by atoms with Gasteiger partial charge in [0.25, 0.3) is 0 Å². The van der Waals surface area contributed by atoms with Gasteiger partial charge in [0.15, 0.2) is 0 Å². The SMILES string of the molecule is Cc1nn(-c2cccc(C(F)(F)F)c2)c(C)c1CC(=O)Nc1nc2ccccc2[nH]1. The number of aromatic amines is 1. The lowest BCUT2D eigenvalue weighted by molar-refractivity contribution is -0.137. The molecule has 4 aromatic rings. The fraction of sp³-hybridized carbons (Fsp3) is 0.190. The molecule has 0 bridgehead atoms. The predicted octanol–water partition coefficient (Wildman–Crippen LogP) is 4.57.